The number of rotatable bonds is 8. The summed E-state index contributed by atoms with van der Waals surface area (Å²) < 4.78 is 42.2. The number of carbonyl (C=O) groups is 1. The van der Waals surface area contributed by atoms with Gasteiger partial charge in [0.25, 0.3) is 0 Å². The van der Waals surface area contributed by atoms with Gasteiger partial charge in [-0.05, 0) is 51.0 Å². The smallest absolute Gasteiger partial charge is 0.314 e. The highest BCUT2D eigenvalue weighted by molar-refractivity contribution is 7.88. The summed E-state index contributed by atoms with van der Waals surface area (Å²) in [5.74, 6) is 0.684. The van der Waals surface area contributed by atoms with Crippen molar-refractivity contribution in [2.75, 3.05) is 27.1 Å². The second-order valence-corrected chi connectivity index (χ2v) is 10.3. The molecule has 2 fully saturated rings. The van der Waals surface area contributed by atoms with E-state index in [2.05, 4.69) is 9.71 Å². The van der Waals surface area contributed by atoms with Crippen molar-refractivity contribution in [3.05, 3.63) is 23.9 Å². The minimum absolute atomic E-state index is 0.0790. The number of esters is 1. The van der Waals surface area contributed by atoms with Crippen molar-refractivity contribution in [3.8, 4) is 5.88 Å². The van der Waals surface area contributed by atoms with Crippen LogP contribution in [0.5, 0.6) is 5.88 Å². The number of nitrogens with zero attached hydrogens (tertiary/aromatic N) is 1. The molecule has 0 spiro atoms. The van der Waals surface area contributed by atoms with Crippen LogP contribution in [0.2, 0.25) is 0 Å². The first-order chi connectivity index (χ1) is 14.2. The van der Waals surface area contributed by atoms with Gasteiger partial charge in [0.15, 0.2) is 0 Å². The van der Waals surface area contributed by atoms with Gasteiger partial charge in [-0.2, -0.15) is 0 Å². The summed E-state index contributed by atoms with van der Waals surface area (Å²) in [7, 11) is -0.334. The van der Waals surface area contributed by atoms with Crippen LogP contribution >= 0.6 is 0 Å². The fraction of sp³-hybridized carbons (Fsp3) is 0.714. The molecular weight excluding hydrogens is 408 g/mol. The standard InChI is InChI=1S/C21H32N2O6S/c1-27-19-6-4-5-18(22-19)15-7-9-17(10-8-15)29-14-21(20(24)28-2)12-11-16(13-21)23-30(3,25)26/h4-6,15-17,23H,7-14H2,1-3H3/t15?,16-,17?,21-/m0/s1. The molecule has 168 valence electrons. The van der Waals surface area contributed by atoms with E-state index in [-0.39, 0.29) is 24.7 Å². The van der Waals surface area contributed by atoms with E-state index in [0.717, 1.165) is 37.6 Å². The lowest BCUT2D eigenvalue weighted by atomic mass is 9.84. The SMILES string of the molecule is COC(=O)[C@@]1(COC2CCC(c3cccc(OC)n3)CC2)CC[C@H](NS(C)(=O)=O)C1. The number of aromatic nitrogens is 1. The molecule has 0 radical (unpaired) electrons. The number of hydrogen-bond acceptors (Lipinski definition) is 7. The molecule has 1 heterocycles. The molecule has 2 saturated carbocycles. The lowest BCUT2D eigenvalue weighted by molar-refractivity contribution is -0.158. The monoisotopic (exact) mass is 440 g/mol. The van der Waals surface area contributed by atoms with Crippen molar-refractivity contribution in [1.82, 2.24) is 9.71 Å². The maximum atomic E-state index is 12.5. The summed E-state index contributed by atoms with van der Waals surface area (Å²) in [5, 5.41) is 0. The van der Waals surface area contributed by atoms with Crippen molar-refractivity contribution in [1.29, 1.82) is 0 Å². The molecule has 30 heavy (non-hydrogen) atoms. The molecule has 0 unspecified atom stereocenters. The molecule has 1 aromatic rings. The number of methoxy groups -OCH3 is 2. The molecule has 9 heteroatoms. The minimum atomic E-state index is -3.32. The first kappa shape index (κ1) is 23.0. The average Bonchev–Trinajstić information content (AvgIpc) is 3.14. The predicted molar refractivity (Wildman–Crippen MR) is 112 cm³/mol. The van der Waals surface area contributed by atoms with Gasteiger partial charge in [-0.15, -0.1) is 0 Å². The Kier molecular flexibility index (Phi) is 7.36. The second kappa shape index (κ2) is 9.62. The summed E-state index contributed by atoms with van der Waals surface area (Å²) in [6, 6.07) is 5.58. The summed E-state index contributed by atoms with van der Waals surface area (Å²) in [6.45, 7) is 0.258. The number of ether oxygens (including phenoxy) is 3. The molecule has 2 aliphatic carbocycles. The topological polar surface area (TPSA) is 104 Å². The highest BCUT2D eigenvalue weighted by Crippen LogP contribution is 2.41. The Morgan fingerprint density at radius 2 is 1.93 bits per heavy atom. The molecule has 0 aromatic carbocycles. The first-order valence-electron chi connectivity index (χ1n) is 10.4. The molecular formula is C21H32N2O6S. The Labute approximate surface area is 178 Å². The zero-order valence-electron chi connectivity index (χ0n) is 17.9. The molecule has 0 amide bonds. The Balaban J connectivity index is 1.55. The molecule has 3 rings (SSSR count). The number of sulfonamides is 1. The van der Waals surface area contributed by atoms with E-state index in [4.69, 9.17) is 14.2 Å². The van der Waals surface area contributed by atoms with Crippen LogP contribution in [0.25, 0.3) is 0 Å². The van der Waals surface area contributed by atoms with Crippen molar-refractivity contribution in [2.45, 2.75) is 63.0 Å². The molecule has 0 aliphatic heterocycles. The van der Waals surface area contributed by atoms with Crippen molar-refractivity contribution in [3.63, 3.8) is 0 Å². The zero-order chi connectivity index (χ0) is 21.8. The van der Waals surface area contributed by atoms with Crippen LogP contribution in [0.15, 0.2) is 18.2 Å². The van der Waals surface area contributed by atoms with E-state index in [0.29, 0.717) is 31.1 Å². The van der Waals surface area contributed by atoms with Gasteiger partial charge in [0.1, 0.15) is 0 Å². The molecule has 8 nitrogen and oxygen atoms in total. The first-order valence-corrected chi connectivity index (χ1v) is 12.3. The second-order valence-electron chi connectivity index (χ2n) is 8.49. The van der Waals surface area contributed by atoms with Crippen LogP contribution in [0.3, 0.4) is 0 Å². The van der Waals surface area contributed by atoms with Gasteiger partial charge in [0, 0.05) is 23.7 Å². The lowest BCUT2D eigenvalue weighted by Gasteiger charge is -2.32. The van der Waals surface area contributed by atoms with Crippen LogP contribution in [-0.2, 0) is 24.3 Å². The predicted octanol–water partition coefficient (Wildman–Crippen LogP) is 2.39. The van der Waals surface area contributed by atoms with Gasteiger partial charge in [0.2, 0.25) is 15.9 Å². The fourth-order valence-corrected chi connectivity index (χ4v) is 5.50. The lowest BCUT2D eigenvalue weighted by Crippen LogP contribution is -2.39. The van der Waals surface area contributed by atoms with Crippen LogP contribution in [0, 0.1) is 5.41 Å². The molecule has 2 aliphatic rings. The van der Waals surface area contributed by atoms with E-state index in [1.165, 1.54) is 7.11 Å². The zero-order valence-corrected chi connectivity index (χ0v) is 18.7. The molecule has 1 aromatic heterocycles. The van der Waals surface area contributed by atoms with E-state index in [9.17, 15) is 13.2 Å². The summed E-state index contributed by atoms with van der Waals surface area (Å²) in [6.07, 6.45) is 6.48. The number of carbonyl (C=O) groups excluding carboxylic acids is 1. The van der Waals surface area contributed by atoms with Gasteiger partial charge in [-0.25, -0.2) is 18.1 Å². The van der Waals surface area contributed by atoms with E-state index in [1.54, 1.807) is 7.11 Å². The van der Waals surface area contributed by atoms with Crippen LogP contribution in [-0.4, -0.2) is 58.6 Å². The molecule has 1 N–H and O–H groups in total. The van der Waals surface area contributed by atoms with Crippen molar-refractivity contribution >= 4 is 16.0 Å². The highest BCUT2D eigenvalue weighted by atomic mass is 32.2. The Bertz CT molecular complexity index is 838. The normalized spacial score (nSPS) is 29.5. The summed E-state index contributed by atoms with van der Waals surface area (Å²) in [5.41, 5.74) is 0.256. The number of nitrogens with one attached hydrogen (secondary N) is 1. The van der Waals surface area contributed by atoms with Crippen molar-refractivity contribution in [2.24, 2.45) is 5.41 Å². The highest BCUT2D eigenvalue weighted by Gasteiger charge is 2.47. The average molecular weight is 441 g/mol. The molecule has 2 atom stereocenters. The largest absolute Gasteiger partial charge is 0.481 e. The fourth-order valence-electron chi connectivity index (χ4n) is 4.70. The third-order valence-electron chi connectivity index (χ3n) is 6.25. The Morgan fingerprint density at radius 1 is 1.20 bits per heavy atom. The van der Waals surface area contributed by atoms with Gasteiger partial charge < -0.3 is 14.2 Å². The van der Waals surface area contributed by atoms with Crippen LogP contribution in [0.1, 0.15) is 56.6 Å². The van der Waals surface area contributed by atoms with Gasteiger partial charge >= 0.3 is 5.97 Å². The minimum Gasteiger partial charge on any atom is -0.481 e. The van der Waals surface area contributed by atoms with E-state index in [1.807, 2.05) is 18.2 Å². The van der Waals surface area contributed by atoms with Crippen LogP contribution < -0.4 is 9.46 Å². The maximum absolute atomic E-state index is 12.5. The quantitative estimate of drug-likeness (QED) is 0.619. The van der Waals surface area contributed by atoms with Crippen molar-refractivity contribution < 1.29 is 27.4 Å². The van der Waals surface area contributed by atoms with E-state index < -0.39 is 15.4 Å². The third kappa shape index (κ3) is 5.70. The molecule has 0 bridgehead atoms. The van der Waals surface area contributed by atoms with Gasteiger partial charge in [-0.3, -0.25) is 4.79 Å². The third-order valence-corrected chi connectivity index (χ3v) is 7.01. The number of hydrogen-bond donors (Lipinski definition) is 1. The number of pyridine rings is 1. The summed E-state index contributed by atoms with van der Waals surface area (Å²) >= 11 is 0. The van der Waals surface area contributed by atoms with E-state index >= 15 is 0 Å². The Morgan fingerprint density at radius 3 is 2.57 bits per heavy atom. The Hall–Kier alpha value is -1.71. The molecule has 0 saturated heterocycles. The van der Waals surface area contributed by atoms with Crippen LogP contribution in [0.4, 0.5) is 0 Å². The summed E-state index contributed by atoms with van der Waals surface area (Å²) in [4.78, 5) is 17.1. The van der Waals surface area contributed by atoms with Gasteiger partial charge in [0.05, 0.1) is 38.6 Å². The van der Waals surface area contributed by atoms with Gasteiger partial charge in [-0.1, -0.05) is 6.07 Å². The maximum Gasteiger partial charge on any atom is 0.314 e.